The minimum Gasteiger partial charge on any atom is -0.381 e. The predicted octanol–water partition coefficient (Wildman–Crippen LogP) is 4.96. The summed E-state index contributed by atoms with van der Waals surface area (Å²) < 4.78 is 0. The lowest BCUT2D eigenvalue weighted by Crippen LogP contribution is -2.30. The third-order valence-electron chi connectivity index (χ3n) is 4.23. The van der Waals surface area contributed by atoms with Gasteiger partial charge in [-0.1, -0.05) is 65.8 Å². The molecule has 4 nitrogen and oxygen atoms in total. The maximum Gasteiger partial charge on any atom is 0.166 e. The van der Waals surface area contributed by atoms with Gasteiger partial charge in [-0.3, -0.25) is 0 Å². The van der Waals surface area contributed by atoms with Crippen molar-refractivity contribution in [3.05, 3.63) is 59.7 Å². The van der Waals surface area contributed by atoms with E-state index in [1.165, 1.54) is 11.1 Å². The molecule has 26 heavy (non-hydrogen) atoms. The molecule has 0 radical (unpaired) electrons. The van der Waals surface area contributed by atoms with E-state index < -0.39 is 0 Å². The molecule has 0 saturated heterocycles. The van der Waals surface area contributed by atoms with Crippen molar-refractivity contribution in [1.82, 2.24) is 0 Å². The van der Waals surface area contributed by atoms with Gasteiger partial charge in [-0.25, -0.2) is 9.98 Å². The van der Waals surface area contributed by atoms with Crippen molar-refractivity contribution < 1.29 is 0 Å². The van der Waals surface area contributed by atoms with E-state index in [0.717, 1.165) is 11.4 Å². The molecule has 0 heterocycles. The lowest BCUT2D eigenvalue weighted by molar-refractivity contribution is 0.590. The van der Waals surface area contributed by atoms with E-state index in [2.05, 4.69) is 75.8 Å². The maximum atomic E-state index is 6.01. The molecular formula is C22H30N4. The van der Waals surface area contributed by atoms with Gasteiger partial charge in [0.15, 0.2) is 11.7 Å². The summed E-state index contributed by atoms with van der Waals surface area (Å²) >= 11 is 0. The summed E-state index contributed by atoms with van der Waals surface area (Å²) in [6, 6.07) is 16.0. The van der Waals surface area contributed by atoms with Gasteiger partial charge < -0.3 is 11.5 Å². The third kappa shape index (κ3) is 5.19. The van der Waals surface area contributed by atoms with Crippen LogP contribution in [0.15, 0.2) is 58.5 Å². The van der Waals surface area contributed by atoms with Gasteiger partial charge in [0, 0.05) is 0 Å². The Hall–Kier alpha value is -2.62. The van der Waals surface area contributed by atoms with Crippen LogP contribution in [0, 0.1) is 0 Å². The van der Waals surface area contributed by atoms with Gasteiger partial charge in [0.2, 0.25) is 0 Å². The molecule has 0 aliphatic rings. The molecule has 0 saturated carbocycles. The van der Waals surface area contributed by atoms with Gasteiger partial charge in [-0.05, 0) is 46.2 Å². The summed E-state index contributed by atoms with van der Waals surface area (Å²) in [5.41, 5.74) is 16.3. The van der Waals surface area contributed by atoms with Crippen LogP contribution >= 0.6 is 0 Å². The van der Waals surface area contributed by atoms with Crippen LogP contribution in [0.5, 0.6) is 0 Å². The Morgan fingerprint density at radius 2 is 0.846 bits per heavy atom. The molecule has 2 aromatic rings. The molecule has 0 unspecified atom stereocenters. The first kappa shape index (κ1) is 19.7. The summed E-state index contributed by atoms with van der Waals surface area (Å²) in [5.74, 6) is 0.432. The summed E-state index contributed by atoms with van der Waals surface area (Å²) in [4.78, 5) is 8.75. The SMILES string of the molecule is CC(C)(C)c1ccc(N=C(N)C(N)=Nc2ccc(C(C)(C)C)cc2)cc1. The first-order valence-corrected chi connectivity index (χ1v) is 8.86. The van der Waals surface area contributed by atoms with E-state index in [0.29, 0.717) is 0 Å². The summed E-state index contributed by atoms with van der Waals surface area (Å²) in [5, 5.41) is 0. The average molecular weight is 351 g/mol. The number of amidine groups is 2. The molecule has 0 amide bonds. The molecule has 138 valence electrons. The fraction of sp³-hybridized carbons (Fsp3) is 0.364. The molecule has 0 atom stereocenters. The Morgan fingerprint density at radius 3 is 1.08 bits per heavy atom. The number of benzene rings is 2. The molecular weight excluding hydrogens is 320 g/mol. The Bertz CT molecular complexity index is 728. The Kier molecular flexibility index (Phi) is 5.55. The van der Waals surface area contributed by atoms with Crippen LogP contribution in [0.3, 0.4) is 0 Å². The first-order chi connectivity index (χ1) is 12.0. The Morgan fingerprint density at radius 1 is 0.577 bits per heavy atom. The number of nitrogens with two attached hydrogens (primary N) is 2. The average Bonchev–Trinajstić information content (AvgIpc) is 2.54. The minimum absolute atomic E-state index is 0.105. The highest BCUT2D eigenvalue weighted by atomic mass is 15.0. The monoisotopic (exact) mass is 350 g/mol. The van der Waals surface area contributed by atoms with Crippen LogP contribution in [-0.2, 0) is 10.8 Å². The number of hydrogen-bond acceptors (Lipinski definition) is 2. The maximum absolute atomic E-state index is 6.01. The highest BCUT2D eigenvalue weighted by Crippen LogP contribution is 2.25. The third-order valence-corrected chi connectivity index (χ3v) is 4.23. The van der Waals surface area contributed by atoms with E-state index in [9.17, 15) is 0 Å². The smallest absolute Gasteiger partial charge is 0.166 e. The van der Waals surface area contributed by atoms with Crippen molar-refractivity contribution in [1.29, 1.82) is 0 Å². The van der Waals surface area contributed by atoms with Crippen LogP contribution in [0.25, 0.3) is 0 Å². The molecule has 2 rings (SSSR count). The molecule has 0 aliphatic carbocycles. The van der Waals surface area contributed by atoms with Crippen molar-refractivity contribution in [2.75, 3.05) is 0 Å². The van der Waals surface area contributed by atoms with Crippen LogP contribution in [-0.4, -0.2) is 11.7 Å². The quantitative estimate of drug-likeness (QED) is 0.593. The van der Waals surface area contributed by atoms with Crippen molar-refractivity contribution in [2.24, 2.45) is 21.5 Å². The van der Waals surface area contributed by atoms with Crippen molar-refractivity contribution >= 4 is 23.0 Å². The van der Waals surface area contributed by atoms with E-state index in [1.54, 1.807) is 0 Å². The topological polar surface area (TPSA) is 76.8 Å². The first-order valence-electron chi connectivity index (χ1n) is 8.86. The van der Waals surface area contributed by atoms with E-state index >= 15 is 0 Å². The Balaban J connectivity index is 2.18. The highest BCUT2D eigenvalue weighted by Gasteiger charge is 2.14. The summed E-state index contributed by atoms with van der Waals surface area (Å²) in [6.07, 6.45) is 0. The molecule has 0 aromatic heterocycles. The van der Waals surface area contributed by atoms with E-state index in [1.807, 2.05) is 24.3 Å². The van der Waals surface area contributed by atoms with Crippen molar-refractivity contribution in [3.63, 3.8) is 0 Å². The molecule has 0 aliphatic heterocycles. The second kappa shape index (κ2) is 7.32. The zero-order valence-electron chi connectivity index (χ0n) is 16.7. The minimum atomic E-state index is 0.105. The van der Waals surface area contributed by atoms with Gasteiger partial charge in [0.1, 0.15) is 0 Å². The van der Waals surface area contributed by atoms with Gasteiger partial charge >= 0.3 is 0 Å². The van der Waals surface area contributed by atoms with Crippen LogP contribution in [0.2, 0.25) is 0 Å². The number of nitrogens with zero attached hydrogens (tertiary/aromatic N) is 2. The van der Waals surface area contributed by atoms with Crippen LogP contribution in [0.1, 0.15) is 52.7 Å². The summed E-state index contributed by atoms with van der Waals surface area (Å²) in [6.45, 7) is 13.1. The lowest BCUT2D eigenvalue weighted by atomic mass is 9.87. The molecule has 0 bridgehead atoms. The van der Waals surface area contributed by atoms with Gasteiger partial charge in [0.05, 0.1) is 11.4 Å². The number of rotatable bonds is 2. The molecule has 2 aromatic carbocycles. The van der Waals surface area contributed by atoms with E-state index in [4.69, 9.17) is 11.5 Å². The Labute approximate surface area is 157 Å². The fourth-order valence-corrected chi connectivity index (χ4v) is 2.46. The van der Waals surface area contributed by atoms with E-state index in [-0.39, 0.29) is 22.5 Å². The zero-order chi connectivity index (χ0) is 19.5. The molecule has 0 fully saturated rings. The standard InChI is InChI=1S/C22H30N4/c1-21(2,3)15-7-11-17(12-8-15)25-19(23)20(24)26-18-13-9-16(10-14-18)22(4,5)6/h7-14H,1-6H3,(H2,23,25)(H2,24,26). The van der Waals surface area contributed by atoms with Gasteiger partial charge in [0.25, 0.3) is 0 Å². The van der Waals surface area contributed by atoms with Crippen LogP contribution in [0.4, 0.5) is 11.4 Å². The predicted molar refractivity (Wildman–Crippen MR) is 113 cm³/mol. The normalized spacial score (nSPS) is 13.8. The number of aliphatic imine (C=N–C) groups is 2. The molecule has 0 spiro atoms. The second-order valence-electron chi connectivity index (χ2n) is 8.59. The summed E-state index contributed by atoms with van der Waals surface area (Å²) in [7, 11) is 0. The second-order valence-corrected chi connectivity index (χ2v) is 8.59. The largest absolute Gasteiger partial charge is 0.381 e. The molecule has 4 N–H and O–H groups in total. The zero-order valence-corrected chi connectivity index (χ0v) is 16.7. The lowest BCUT2D eigenvalue weighted by Gasteiger charge is -2.18. The number of hydrogen-bond donors (Lipinski definition) is 2. The van der Waals surface area contributed by atoms with Gasteiger partial charge in [-0.15, -0.1) is 0 Å². The van der Waals surface area contributed by atoms with Crippen molar-refractivity contribution in [2.45, 2.75) is 52.4 Å². The molecule has 4 heteroatoms. The van der Waals surface area contributed by atoms with Gasteiger partial charge in [-0.2, -0.15) is 0 Å². The highest BCUT2D eigenvalue weighted by molar-refractivity contribution is 6.40. The fourth-order valence-electron chi connectivity index (χ4n) is 2.46. The van der Waals surface area contributed by atoms with Crippen LogP contribution < -0.4 is 11.5 Å². The van der Waals surface area contributed by atoms with Crippen molar-refractivity contribution in [3.8, 4) is 0 Å².